The first-order valence-corrected chi connectivity index (χ1v) is 13.2. The van der Waals surface area contributed by atoms with E-state index in [2.05, 4.69) is 51.7 Å². The topological polar surface area (TPSA) is 101 Å². The van der Waals surface area contributed by atoms with E-state index in [0.29, 0.717) is 11.9 Å². The van der Waals surface area contributed by atoms with Gasteiger partial charge in [0.1, 0.15) is 5.56 Å². The second-order valence-electron chi connectivity index (χ2n) is 10.1. The lowest BCUT2D eigenvalue weighted by molar-refractivity contribution is -0.141. The molecule has 0 unspecified atom stereocenters. The number of nitrogen functional groups attached to an aromatic ring is 1. The summed E-state index contributed by atoms with van der Waals surface area (Å²) in [6, 6.07) is 21.6. The summed E-state index contributed by atoms with van der Waals surface area (Å²) in [5.74, 6) is -1.20. The Bertz CT molecular complexity index is 1520. The third kappa shape index (κ3) is 5.93. The minimum atomic E-state index is -4.87. The lowest BCUT2D eigenvalue weighted by atomic mass is 9.93. The highest BCUT2D eigenvalue weighted by molar-refractivity contribution is 5.89. The average Bonchev–Trinajstić information content (AvgIpc) is 3.59. The van der Waals surface area contributed by atoms with Crippen molar-refractivity contribution in [3.8, 4) is 11.1 Å². The van der Waals surface area contributed by atoms with Crippen LogP contribution in [0.1, 0.15) is 58.4 Å². The molecule has 1 heterocycles. The lowest BCUT2D eigenvalue weighted by Gasteiger charge is -2.14. The first kappa shape index (κ1) is 27.2. The molecule has 40 heavy (non-hydrogen) atoms. The number of carboxylic acids is 1. The summed E-state index contributed by atoms with van der Waals surface area (Å²) in [4.78, 5) is 17.5. The van der Waals surface area contributed by atoms with Gasteiger partial charge in [-0.2, -0.15) is 13.2 Å². The number of nitrogens with one attached hydrogen (secondary N) is 1. The Labute approximate surface area is 230 Å². The number of nitrogens with two attached hydrogens (primary N) is 1. The average molecular weight is 547 g/mol. The molecule has 6 nitrogen and oxygen atoms in total. The number of hydrogen-bond donors (Lipinski definition) is 3. The van der Waals surface area contributed by atoms with Crippen LogP contribution < -0.4 is 11.1 Å². The fourth-order valence-corrected chi connectivity index (χ4v) is 5.45. The maximum atomic E-state index is 12.7. The monoisotopic (exact) mass is 546 g/mol. The van der Waals surface area contributed by atoms with Crippen molar-refractivity contribution in [3.05, 3.63) is 101 Å². The maximum Gasteiger partial charge on any atom is 0.434 e. The number of benzene rings is 3. The van der Waals surface area contributed by atoms with Gasteiger partial charge in [-0.25, -0.2) is 14.8 Å². The first-order valence-electron chi connectivity index (χ1n) is 13.2. The fourth-order valence-electron chi connectivity index (χ4n) is 5.45. The van der Waals surface area contributed by atoms with Crippen LogP contribution in [-0.4, -0.2) is 21.0 Å². The van der Waals surface area contributed by atoms with Gasteiger partial charge in [0.05, 0.1) is 0 Å². The lowest BCUT2D eigenvalue weighted by Crippen LogP contribution is -2.17. The summed E-state index contributed by atoms with van der Waals surface area (Å²) >= 11 is 0. The molecule has 3 aromatic carbocycles. The van der Waals surface area contributed by atoms with Crippen LogP contribution in [-0.2, 0) is 19.0 Å². The van der Waals surface area contributed by atoms with E-state index < -0.39 is 23.4 Å². The van der Waals surface area contributed by atoms with Crippen LogP contribution in [0.15, 0.2) is 72.9 Å². The fraction of sp³-hybridized carbons (Fsp3) is 0.258. The van der Waals surface area contributed by atoms with E-state index in [1.54, 1.807) is 30.3 Å². The molecule has 0 atom stereocenters. The largest absolute Gasteiger partial charge is 0.478 e. The molecule has 6 rings (SSSR count). The summed E-state index contributed by atoms with van der Waals surface area (Å²) in [5.41, 5.74) is 12.5. The van der Waals surface area contributed by atoms with Crippen molar-refractivity contribution in [2.24, 2.45) is 5.92 Å². The predicted octanol–water partition coefficient (Wildman–Crippen LogP) is 7.51. The number of rotatable bonds is 5. The minimum Gasteiger partial charge on any atom is -0.478 e. The number of carbonyl (C=O) groups is 1. The highest BCUT2D eigenvalue weighted by Crippen LogP contribution is 2.41. The van der Waals surface area contributed by atoms with Gasteiger partial charge >= 0.3 is 12.1 Å². The summed E-state index contributed by atoms with van der Waals surface area (Å²) in [6.45, 7) is 0. The van der Waals surface area contributed by atoms with E-state index in [9.17, 15) is 18.0 Å². The van der Waals surface area contributed by atoms with Crippen LogP contribution >= 0.6 is 0 Å². The number of hydrogen-bond acceptors (Lipinski definition) is 5. The Kier molecular flexibility index (Phi) is 7.73. The number of aromatic nitrogens is 2. The Hall–Kier alpha value is -4.40. The Morgan fingerprint density at radius 2 is 1.68 bits per heavy atom. The van der Waals surface area contributed by atoms with Gasteiger partial charge in [-0.05, 0) is 52.3 Å². The third-order valence-electron chi connectivity index (χ3n) is 7.42. The standard InChI is InChI=1S/C19H21N.C12H8F3N3O2/c20-19-15(11-13-5-1-2-6-13)9-10-17-16-8-4-3-7-14(16)12-18(17)19;13-12(14,15)9-8(10(19)20)6-16-11(18-9)17-7-4-2-1-3-5-7/h3-4,7-10,13H,1-2,5-6,11-12,20H2;1-6H,(H,19,20)(H,16,17,18). The molecule has 4 aromatic rings. The number of alkyl halides is 3. The van der Waals surface area contributed by atoms with E-state index in [1.165, 1.54) is 59.9 Å². The van der Waals surface area contributed by atoms with Crippen molar-refractivity contribution in [3.63, 3.8) is 0 Å². The van der Waals surface area contributed by atoms with Gasteiger partial charge < -0.3 is 16.2 Å². The zero-order valence-corrected chi connectivity index (χ0v) is 21.7. The molecule has 2 aliphatic carbocycles. The van der Waals surface area contributed by atoms with E-state index in [-0.39, 0.29) is 5.95 Å². The summed E-state index contributed by atoms with van der Waals surface area (Å²) in [5, 5.41) is 11.3. The van der Waals surface area contributed by atoms with E-state index in [4.69, 9.17) is 10.8 Å². The van der Waals surface area contributed by atoms with Crippen molar-refractivity contribution >= 4 is 23.3 Å². The molecule has 1 fully saturated rings. The molecule has 4 N–H and O–H groups in total. The number of fused-ring (bicyclic) bond motifs is 3. The molecule has 0 radical (unpaired) electrons. The van der Waals surface area contributed by atoms with Crippen LogP contribution in [0, 0.1) is 5.92 Å². The molecule has 206 valence electrons. The quantitative estimate of drug-likeness (QED) is 0.197. The third-order valence-corrected chi connectivity index (χ3v) is 7.42. The van der Waals surface area contributed by atoms with Gasteiger partial charge in [-0.15, -0.1) is 0 Å². The van der Waals surface area contributed by atoms with Gasteiger partial charge in [0, 0.05) is 24.0 Å². The van der Waals surface area contributed by atoms with Crippen LogP contribution in [0.2, 0.25) is 0 Å². The van der Waals surface area contributed by atoms with Crippen LogP contribution in [0.5, 0.6) is 0 Å². The van der Waals surface area contributed by atoms with Crippen LogP contribution in [0.3, 0.4) is 0 Å². The van der Waals surface area contributed by atoms with Crippen molar-refractivity contribution in [1.82, 2.24) is 9.97 Å². The molecule has 2 aliphatic rings. The minimum absolute atomic E-state index is 0.325. The number of anilines is 3. The van der Waals surface area contributed by atoms with Crippen LogP contribution in [0.25, 0.3) is 11.1 Å². The molecule has 1 aromatic heterocycles. The smallest absolute Gasteiger partial charge is 0.434 e. The zero-order valence-electron chi connectivity index (χ0n) is 21.7. The molecule has 0 saturated heterocycles. The zero-order chi connectivity index (χ0) is 28.3. The van der Waals surface area contributed by atoms with E-state index in [0.717, 1.165) is 18.0 Å². The van der Waals surface area contributed by atoms with E-state index in [1.807, 2.05) is 0 Å². The highest BCUT2D eigenvalue weighted by atomic mass is 19.4. The molecular weight excluding hydrogens is 517 g/mol. The van der Waals surface area contributed by atoms with Gasteiger partial charge in [0.25, 0.3) is 0 Å². The number of aromatic carboxylic acids is 1. The molecule has 0 amide bonds. The Morgan fingerprint density at radius 3 is 2.38 bits per heavy atom. The second-order valence-corrected chi connectivity index (χ2v) is 10.1. The normalized spacial score (nSPS) is 14.2. The Morgan fingerprint density at radius 1 is 0.975 bits per heavy atom. The molecule has 0 spiro atoms. The van der Waals surface area contributed by atoms with Crippen molar-refractivity contribution in [2.45, 2.75) is 44.7 Å². The summed E-state index contributed by atoms with van der Waals surface area (Å²) in [6.07, 6.45) is 3.52. The first-order chi connectivity index (χ1) is 19.2. The predicted molar refractivity (Wildman–Crippen MR) is 148 cm³/mol. The molecule has 0 aliphatic heterocycles. The maximum absolute atomic E-state index is 12.7. The van der Waals surface area contributed by atoms with E-state index >= 15 is 0 Å². The van der Waals surface area contributed by atoms with Crippen molar-refractivity contribution in [1.29, 1.82) is 0 Å². The SMILES string of the molecule is Nc1c(CC2CCCC2)ccc2c1Cc1ccccc1-2.O=C(O)c1cnc(Nc2ccccc2)nc1C(F)(F)F. The molecular formula is C31H29F3N4O2. The van der Waals surface area contributed by atoms with Crippen molar-refractivity contribution in [2.75, 3.05) is 11.1 Å². The van der Waals surface area contributed by atoms with Gasteiger partial charge in [-0.3, -0.25) is 0 Å². The Balaban J connectivity index is 0.000000161. The van der Waals surface area contributed by atoms with Crippen LogP contribution in [0.4, 0.5) is 30.5 Å². The highest BCUT2D eigenvalue weighted by Gasteiger charge is 2.38. The van der Waals surface area contributed by atoms with Gasteiger partial charge in [-0.1, -0.05) is 80.3 Å². The molecule has 9 heteroatoms. The number of para-hydroxylation sites is 1. The van der Waals surface area contributed by atoms with Gasteiger partial charge in [0.15, 0.2) is 5.69 Å². The number of nitrogens with zero attached hydrogens (tertiary/aromatic N) is 2. The number of carboxylic acid groups (broad SMARTS) is 1. The van der Waals surface area contributed by atoms with Crippen molar-refractivity contribution < 1.29 is 23.1 Å². The summed E-state index contributed by atoms with van der Waals surface area (Å²) in [7, 11) is 0. The molecule has 0 bridgehead atoms. The molecule has 1 saturated carbocycles. The van der Waals surface area contributed by atoms with Gasteiger partial charge in [0.2, 0.25) is 5.95 Å². The summed E-state index contributed by atoms with van der Waals surface area (Å²) < 4.78 is 38.2. The number of halogens is 3. The second kappa shape index (κ2) is 11.4.